The van der Waals surface area contributed by atoms with Crippen LogP contribution >= 0.6 is 12.2 Å². The quantitative estimate of drug-likeness (QED) is 0.623. The average molecular weight is 288 g/mol. The predicted molar refractivity (Wildman–Crippen MR) is 67.9 cm³/mol. The van der Waals surface area contributed by atoms with Gasteiger partial charge in [0.15, 0.2) is 5.11 Å². The van der Waals surface area contributed by atoms with E-state index in [4.69, 9.17) is 10.2 Å². The zero-order valence-corrected chi connectivity index (χ0v) is 10.1. The first-order valence-corrected chi connectivity index (χ1v) is 5.40. The van der Waals surface area contributed by atoms with Crippen molar-refractivity contribution in [1.82, 2.24) is 0 Å². The summed E-state index contributed by atoms with van der Waals surface area (Å²) in [5.74, 6) is 0. The van der Waals surface area contributed by atoms with Gasteiger partial charge in [-0.3, -0.25) is 0 Å². The normalized spacial score (nSPS) is 11.5. The van der Waals surface area contributed by atoms with Crippen molar-refractivity contribution in [2.24, 2.45) is 5.73 Å². The molecule has 0 spiro atoms. The van der Waals surface area contributed by atoms with Crippen LogP contribution in [0.25, 0.3) is 11.0 Å². The first-order chi connectivity index (χ1) is 8.77. The number of rotatable bonds is 1. The number of thiocarbonyl (C=S) groups is 1. The summed E-state index contributed by atoms with van der Waals surface area (Å²) in [6.45, 7) is 0. The average Bonchev–Trinajstić information content (AvgIpc) is 2.25. The third-order valence-corrected chi connectivity index (χ3v) is 2.42. The van der Waals surface area contributed by atoms with E-state index in [1.54, 1.807) is 0 Å². The Hall–Kier alpha value is -2.09. The molecule has 0 saturated carbocycles. The van der Waals surface area contributed by atoms with Gasteiger partial charge in [-0.2, -0.15) is 13.2 Å². The molecule has 0 fully saturated rings. The van der Waals surface area contributed by atoms with Crippen LogP contribution in [0.1, 0.15) is 5.56 Å². The highest BCUT2D eigenvalue weighted by Crippen LogP contribution is 2.34. The van der Waals surface area contributed by atoms with Crippen LogP contribution in [0, 0.1) is 0 Å². The lowest BCUT2D eigenvalue weighted by molar-refractivity contribution is -0.136. The topological polar surface area (TPSA) is 68.3 Å². The fraction of sp³-hybridized carbons (Fsp3) is 0.0909. The van der Waals surface area contributed by atoms with Gasteiger partial charge in [0.2, 0.25) is 0 Å². The minimum absolute atomic E-state index is 0.0475. The molecular weight excluding hydrogens is 281 g/mol. The third kappa shape index (κ3) is 2.84. The van der Waals surface area contributed by atoms with E-state index in [2.05, 4.69) is 17.5 Å². The summed E-state index contributed by atoms with van der Waals surface area (Å²) in [7, 11) is 0. The standard InChI is InChI=1S/C11H7F3N2O2S/c12-11(13,14)7-4-9(17)18-8-3-5(16-10(15)19)1-2-6(7)8/h1-4H,(H3,15,16,19). The number of hydrogen-bond acceptors (Lipinski definition) is 3. The Morgan fingerprint density at radius 2 is 2.00 bits per heavy atom. The molecule has 3 N–H and O–H groups in total. The van der Waals surface area contributed by atoms with Gasteiger partial charge in [-0.15, -0.1) is 0 Å². The van der Waals surface area contributed by atoms with Gasteiger partial charge >= 0.3 is 11.8 Å². The molecule has 19 heavy (non-hydrogen) atoms. The zero-order valence-electron chi connectivity index (χ0n) is 9.25. The number of fused-ring (bicyclic) bond motifs is 1. The number of anilines is 1. The highest BCUT2D eigenvalue weighted by atomic mass is 32.1. The summed E-state index contributed by atoms with van der Waals surface area (Å²) in [5, 5.41) is 2.29. The first-order valence-electron chi connectivity index (χ1n) is 4.99. The molecule has 0 atom stereocenters. The van der Waals surface area contributed by atoms with E-state index in [0.717, 1.165) is 0 Å². The fourth-order valence-corrected chi connectivity index (χ4v) is 1.74. The molecular formula is C11H7F3N2O2S. The van der Waals surface area contributed by atoms with Gasteiger partial charge in [0.25, 0.3) is 0 Å². The van der Waals surface area contributed by atoms with Crippen LogP contribution < -0.4 is 16.7 Å². The number of nitrogens with one attached hydrogen (secondary N) is 1. The fourth-order valence-electron chi connectivity index (χ4n) is 1.62. The number of halogens is 3. The predicted octanol–water partition coefficient (Wildman–Crippen LogP) is 2.47. The second-order valence-electron chi connectivity index (χ2n) is 3.68. The molecule has 0 amide bonds. The molecule has 8 heteroatoms. The molecule has 0 radical (unpaired) electrons. The van der Waals surface area contributed by atoms with E-state index in [0.29, 0.717) is 11.8 Å². The van der Waals surface area contributed by atoms with Crippen LogP contribution in [0.3, 0.4) is 0 Å². The van der Waals surface area contributed by atoms with E-state index < -0.39 is 17.4 Å². The van der Waals surface area contributed by atoms with Crippen LogP contribution in [0.15, 0.2) is 33.5 Å². The van der Waals surface area contributed by atoms with Gasteiger partial charge in [0.1, 0.15) is 5.58 Å². The molecule has 4 nitrogen and oxygen atoms in total. The zero-order chi connectivity index (χ0) is 14.2. The number of nitrogens with two attached hydrogens (primary N) is 1. The lowest BCUT2D eigenvalue weighted by Crippen LogP contribution is -2.19. The summed E-state index contributed by atoms with van der Waals surface area (Å²) in [4.78, 5) is 11.1. The molecule has 0 saturated heterocycles. The van der Waals surface area contributed by atoms with E-state index in [-0.39, 0.29) is 16.1 Å². The molecule has 0 aliphatic carbocycles. The minimum atomic E-state index is -4.63. The molecule has 100 valence electrons. The lowest BCUT2D eigenvalue weighted by atomic mass is 10.1. The monoisotopic (exact) mass is 288 g/mol. The van der Waals surface area contributed by atoms with Gasteiger partial charge in [-0.1, -0.05) is 0 Å². The maximum atomic E-state index is 12.8. The van der Waals surface area contributed by atoms with Crippen LogP contribution in [0.2, 0.25) is 0 Å². The minimum Gasteiger partial charge on any atom is -0.423 e. The Balaban J connectivity index is 2.68. The SMILES string of the molecule is NC(=S)Nc1ccc2c(C(F)(F)F)cc(=O)oc2c1. The summed E-state index contributed by atoms with van der Waals surface area (Å²) in [5.41, 5.74) is 3.27. The van der Waals surface area contributed by atoms with Gasteiger partial charge in [0, 0.05) is 23.2 Å². The van der Waals surface area contributed by atoms with Crippen molar-refractivity contribution in [3.63, 3.8) is 0 Å². The highest BCUT2D eigenvalue weighted by Gasteiger charge is 2.33. The van der Waals surface area contributed by atoms with Gasteiger partial charge in [-0.25, -0.2) is 4.79 Å². The Morgan fingerprint density at radius 3 is 2.58 bits per heavy atom. The van der Waals surface area contributed by atoms with Crippen molar-refractivity contribution in [3.05, 3.63) is 40.2 Å². The Morgan fingerprint density at radius 1 is 1.32 bits per heavy atom. The summed E-state index contributed by atoms with van der Waals surface area (Å²) >= 11 is 4.61. The van der Waals surface area contributed by atoms with Crippen LogP contribution in [0.5, 0.6) is 0 Å². The maximum absolute atomic E-state index is 12.8. The molecule has 0 aliphatic rings. The van der Waals surface area contributed by atoms with Crippen molar-refractivity contribution >= 4 is 34.0 Å². The second kappa shape index (κ2) is 4.54. The smallest absolute Gasteiger partial charge is 0.417 e. The van der Waals surface area contributed by atoms with E-state index >= 15 is 0 Å². The van der Waals surface area contributed by atoms with E-state index in [1.165, 1.54) is 18.2 Å². The summed E-state index contributed by atoms with van der Waals surface area (Å²) in [6, 6.07) is 4.19. The molecule has 2 aromatic rings. The third-order valence-electron chi connectivity index (χ3n) is 2.32. The molecule has 0 unspecified atom stereocenters. The van der Waals surface area contributed by atoms with Crippen molar-refractivity contribution in [2.45, 2.75) is 6.18 Å². The van der Waals surface area contributed by atoms with Gasteiger partial charge in [0.05, 0.1) is 5.56 Å². The molecule has 0 aliphatic heterocycles. The molecule has 1 heterocycles. The lowest BCUT2D eigenvalue weighted by Gasteiger charge is -2.10. The van der Waals surface area contributed by atoms with Crippen LogP contribution in [-0.4, -0.2) is 5.11 Å². The number of benzene rings is 1. The van der Waals surface area contributed by atoms with Gasteiger partial charge in [-0.05, 0) is 24.4 Å². The largest absolute Gasteiger partial charge is 0.423 e. The second-order valence-corrected chi connectivity index (χ2v) is 4.12. The van der Waals surface area contributed by atoms with E-state index in [1.807, 2.05) is 0 Å². The van der Waals surface area contributed by atoms with Crippen LogP contribution in [0.4, 0.5) is 18.9 Å². The first kappa shape index (κ1) is 13.3. The molecule has 1 aromatic carbocycles. The van der Waals surface area contributed by atoms with Crippen molar-refractivity contribution in [3.8, 4) is 0 Å². The van der Waals surface area contributed by atoms with Crippen LogP contribution in [-0.2, 0) is 6.18 Å². The maximum Gasteiger partial charge on any atom is 0.417 e. The summed E-state index contributed by atoms with van der Waals surface area (Å²) < 4.78 is 43.1. The van der Waals surface area contributed by atoms with E-state index in [9.17, 15) is 18.0 Å². The van der Waals surface area contributed by atoms with Crippen molar-refractivity contribution in [1.29, 1.82) is 0 Å². The molecule has 1 aromatic heterocycles. The Bertz CT molecular complexity index is 709. The summed E-state index contributed by atoms with van der Waals surface area (Å²) in [6.07, 6.45) is -4.63. The molecule has 2 rings (SSSR count). The number of alkyl halides is 3. The Kier molecular flexibility index (Phi) is 3.19. The number of hydrogen-bond donors (Lipinski definition) is 2. The van der Waals surface area contributed by atoms with Crippen molar-refractivity contribution in [2.75, 3.05) is 5.32 Å². The molecule has 0 bridgehead atoms. The Labute approximate surface area is 110 Å². The van der Waals surface area contributed by atoms with Gasteiger partial charge < -0.3 is 15.5 Å². The van der Waals surface area contributed by atoms with Crippen molar-refractivity contribution < 1.29 is 17.6 Å². The highest BCUT2D eigenvalue weighted by molar-refractivity contribution is 7.80.